The molecular formula is C25H37N2O7S+. The van der Waals surface area contributed by atoms with Crippen LogP contribution in [-0.2, 0) is 26.2 Å². The SMILES string of the molecule is CCCCC(CC)C(=O)OCC[N+](C)(C)Cc1ccccc1.O=[N+]([O-])c1cccc(S(=O)(=O)O)c1. The van der Waals surface area contributed by atoms with E-state index < -0.39 is 19.9 Å². The lowest BCUT2D eigenvalue weighted by atomic mass is 10.00. The van der Waals surface area contributed by atoms with Crippen molar-refractivity contribution in [2.24, 2.45) is 5.92 Å². The van der Waals surface area contributed by atoms with Gasteiger partial charge in [-0.1, -0.05) is 63.1 Å². The molecule has 2 aromatic carbocycles. The highest BCUT2D eigenvalue weighted by Gasteiger charge is 2.20. The van der Waals surface area contributed by atoms with Crippen molar-refractivity contribution in [3.8, 4) is 0 Å². The first-order valence-corrected chi connectivity index (χ1v) is 13.1. The van der Waals surface area contributed by atoms with E-state index >= 15 is 0 Å². The van der Waals surface area contributed by atoms with Crippen LogP contribution in [0.1, 0.15) is 45.1 Å². The summed E-state index contributed by atoms with van der Waals surface area (Å²) < 4.78 is 36.0. The minimum Gasteiger partial charge on any atom is -0.459 e. The number of hydrogen-bond acceptors (Lipinski definition) is 6. The topological polar surface area (TPSA) is 124 Å². The second-order valence-electron chi connectivity index (χ2n) is 8.95. The highest BCUT2D eigenvalue weighted by Crippen LogP contribution is 2.17. The number of hydrogen-bond donors (Lipinski definition) is 1. The third-order valence-electron chi connectivity index (χ3n) is 5.45. The van der Waals surface area contributed by atoms with Gasteiger partial charge in [-0.2, -0.15) is 8.42 Å². The molecule has 194 valence electrons. The highest BCUT2D eigenvalue weighted by atomic mass is 32.2. The number of nitrogens with zero attached hydrogens (tertiary/aromatic N) is 2. The van der Waals surface area contributed by atoms with Gasteiger partial charge in [0.15, 0.2) is 0 Å². The summed E-state index contributed by atoms with van der Waals surface area (Å²) in [4.78, 5) is 21.1. The Balaban J connectivity index is 0.000000400. The molecule has 1 atom stereocenters. The number of carbonyl (C=O) groups is 1. The van der Waals surface area contributed by atoms with Crippen LogP contribution in [0.2, 0.25) is 0 Å². The summed E-state index contributed by atoms with van der Waals surface area (Å²) in [7, 11) is -0.0117. The molecule has 0 aliphatic rings. The zero-order valence-electron chi connectivity index (χ0n) is 20.9. The minimum atomic E-state index is -4.36. The Morgan fingerprint density at radius 1 is 1.11 bits per heavy atom. The Morgan fingerprint density at radius 3 is 2.31 bits per heavy atom. The fraction of sp³-hybridized carbons (Fsp3) is 0.480. The fourth-order valence-electron chi connectivity index (χ4n) is 3.36. The molecule has 0 saturated carbocycles. The number of non-ortho nitro benzene ring substituents is 1. The molecule has 0 amide bonds. The first-order chi connectivity index (χ1) is 16.4. The van der Waals surface area contributed by atoms with Crippen LogP contribution >= 0.6 is 0 Å². The number of quaternary nitrogens is 1. The molecule has 35 heavy (non-hydrogen) atoms. The van der Waals surface area contributed by atoms with Crippen LogP contribution in [0.25, 0.3) is 0 Å². The molecule has 0 radical (unpaired) electrons. The van der Waals surface area contributed by atoms with Crippen LogP contribution in [0, 0.1) is 16.0 Å². The molecule has 9 nitrogen and oxygen atoms in total. The van der Waals surface area contributed by atoms with Gasteiger partial charge in [-0.15, -0.1) is 0 Å². The molecule has 1 unspecified atom stereocenters. The zero-order chi connectivity index (χ0) is 26.5. The van der Waals surface area contributed by atoms with E-state index in [9.17, 15) is 23.3 Å². The quantitative estimate of drug-likeness (QED) is 0.142. The predicted molar refractivity (Wildman–Crippen MR) is 134 cm³/mol. The normalized spacial score (nSPS) is 12.3. The predicted octanol–water partition coefficient (Wildman–Crippen LogP) is 4.86. The molecule has 0 aliphatic heterocycles. The first-order valence-electron chi connectivity index (χ1n) is 11.6. The van der Waals surface area contributed by atoms with Gasteiger partial charge in [0, 0.05) is 17.7 Å². The van der Waals surface area contributed by atoms with E-state index in [1.165, 1.54) is 11.6 Å². The fourth-order valence-corrected chi connectivity index (χ4v) is 3.88. The second kappa shape index (κ2) is 14.6. The van der Waals surface area contributed by atoms with Crippen LogP contribution in [-0.4, -0.2) is 55.6 Å². The molecule has 2 aromatic rings. The third kappa shape index (κ3) is 11.9. The molecule has 0 fully saturated rings. The Hall–Kier alpha value is -2.82. The van der Waals surface area contributed by atoms with Gasteiger partial charge in [-0.05, 0) is 18.9 Å². The number of benzene rings is 2. The number of carbonyl (C=O) groups excluding carboxylic acids is 1. The van der Waals surface area contributed by atoms with Gasteiger partial charge in [0.2, 0.25) is 0 Å². The van der Waals surface area contributed by atoms with Crippen molar-refractivity contribution in [3.05, 3.63) is 70.3 Å². The zero-order valence-corrected chi connectivity index (χ0v) is 21.7. The molecule has 10 heteroatoms. The molecule has 2 rings (SSSR count). The van der Waals surface area contributed by atoms with Crippen molar-refractivity contribution in [1.29, 1.82) is 0 Å². The van der Waals surface area contributed by atoms with Crippen molar-refractivity contribution in [2.45, 2.75) is 51.0 Å². The second-order valence-corrected chi connectivity index (χ2v) is 10.4. The lowest BCUT2D eigenvalue weighted by Crippen LogP contribution is -2.42. The molecule has 0 aromatic heterocycles. The summed E-state index contributed by atoms with van der Waals surface area (Å²) in [5.41, 5.74) is 0.934. The number of unbranched alkanes of at least 4 members (excludes halogenated alkanes) is 1. The summed E-state index contributed by atoms with van der Waals surface area (Å²) >= 11 is 0. The Morgan fingerprint density at radius 2 is 1.77 bits per heavy atom. The van der Waals surface area contributed by atoms with E-state index in [0.29, 0.717) is 6.61 Å². The Labute approximate surface area is 208 Å². The van der Waals surface area contributed by atoms with Gasteiger partial charge in [-0.3, -0.25) is 19.5 Å². The molecule has 0 spiro atoms. The number of esters is 1. The molecule has 0 heterocycles. The third-order valence-corrected chi connectivity index (χ3v) is 6.30. The van der Waals surface area contributed by atoms with E-state index in [2.05, 4.69) is 52.2 Å². The molecule has 0 aliphatic carbocycles. The Kier molecular flexibility index (Phi) is 12.6. The number of ether oxygens (including phenoxy) is 1. The van der Waals surface area contributed by atoms with Crippen LogP contribution in [0.15, 0.2) is 59.5 Å². The summed E-state index contributed by atoms with van der Waals surface area (Å²) in [6.07, 6.45) is 4.06. The molecule has 0 bridgehead atoms. The largest absolute Gasteiger partial charge is 0.459 e. The average Bonchev–Trinajstić information content (AvgIpc) is 2.79. The van der Waals surface area contributed by atoms with Crippen molar-refractivity contribution in [1.82, 2.24) is 0 Å². The van der Waals surface area contributed by atoms with Crippen LogP contribution in [0.5, 0.6) is 0 Å². The van der Waals surface area contributed by atoms with Gasteiger partial charge in [0.1, 0.15) is 24.6 Å². The molecular weight excluding hydrogens is 472 g/mol. The maximum atomic E-state index is 12.1. The number of nitro benzene ring substituents is 1. The van der Waals surface area contributed by atoms with E-state index in [4.69, 9.17) is 9.29 Å². The lowest BCUT2D eigenvalue weighted by Gasteiger charge is -2.29. The maximum Gasteiger partial charge on any atom is 0.309 e. The van der Waals surface area contributed by atoms with Gasteiger partial charge < -0.3 is 9.22 Å². The van der Waals surface area contributed by atoms with Crippen molar-refractivity contribution in [2.75, 3.05) is 27.2 Å². The first kappa shape index (κ1) is 30.2. The number of rotatable bonds is 12. The standard InChI is InChI=1S/C19H32NO2.C6H5NO5S/c1-5-7-13-18(6-2)19(21)22-15-14-20(3,4)16-17-11-9-8-10-12-17;8-7(9)5-2-1-3-6(4-5)13(10,11)12/h8-12,18H,5-7,13-16H2,1-4H3;1-4H,(H,10,11,12)/q+1;. The van der Waals surface area contributed by atoms with E-state index in [0.717, 1.165) is 61.5 Å². The van der Waals surface area contributed by atoms with Gasteiger partial charge >= 0.3 is 5.97 Å². The Bertz CT molecular complexity index is 1040. The summed E-state index contributed by atoms with van der Waals surface area (Å²) in [5.74, 6) is 0.0559. The average molecular weight is 510 g/mol. The number of likely N-dealkylation sites (N-methyl/N-ethyl adjacent to an activating group) is 1. The summed E-state index contributed by atoms with van der Waals surface area (Å²) in [6, 6.07) is 14.6. The number of nitro groups is 1. The van der Waals surface area contributed by atoms with Gasteiger partial charge in [0.05, 0.1) is 24.9 Å². The van der Waals surface area contributed by atoms with Crippen molar-refractivity contribution < 1.29 is 31.9 Å². The smallest absolute Gasteiger partial charge is 0.309 e. The molecule has 0 saturated heterocycles. The monoisotopic (exact) mass is 509 g/mol. The molecule has 1 N–H and O–H groups in total. The van der Waals surface area contributed by atoms with Crippen LogP contribution in [0.4, 0.5) is 5.69 Å². The van der Waals surface area contributed by atoms with Crippen LogP contribution in [0.3, 0.4) is 0 Å². The van der Waals surface area contributed by atoms with Gasteiger partial charge in [0.25, 0.3) is 15.8 Å². The minimum absolute atomic E-state index is 0.0179. The van der Waals surface area contributed by atoms with E-state index in [1.807, 2.05) is 6.07 Å². The van der Waals surface area contributed by atoms with E-state index in [-0.39, 0.29) is 17.6 Å². The van der Waals surface area contributed by atoms with Crippen LogP contribution < -0.4 is 0 Å². The van der Waals surface area contributed by atoms with E-state index in [1.54, 1.807) is 0 Å². The van der Waals surface area contributed by atoms with Crippen molar-refractivity contribution >= 4 is 21.8 Å². The lowest BCUT2D eigenvalue weighted by molar-refractivity contribution is -0.903. The maximum absolute atomic E-state index is 12.1. The van der Waals surface area contributed by atoms with Gasteiger partial charge in [-0.25, -0.2) is 0 Å². The summed E-state index contributed by atoms with van der Waals surface area (Å²) in [6.45, 7) is 6.51. The highest BCUT2D eigenvalue weighted by molar-refractivity contribution is 7.85. The van der Waals surface area contributed by atoms with Crippen molar-refractivity contribution in [3.63, 3.8) is 0 Å². The summed E-state index contributed by atoms with van der Waals surface area (Å²) in [5, 5.41) is 10.2.